The minimum absolute atomic E-state index is 0.0905. The van der Waals surface area contributed by atoms with Crippen molar-refractivity contribution in [3.8, 4) is 0 Å². The Balaban J connectivity index is 1.65. The van der Waals surface area contributed by atoms with Gasteiger partial charge in [0.15, 0.2) is 0 Å². The van der Waals surface area contributed by atoms with E-state index in [4.69, 9.17) is 0 Å². The molecule has 158 valence electrons. The second kappa shape index (κ2) is 8.20. The SMILES string of the molecule is CN(c1ccccc1)S(=O)(=O)c1cccc(NC(=O)c2c(Br)c3ccccc3n2C)c1. The molecule has 1 aromatic heterocycles. The molecule has 1 amide bonds. The Labute approximate surface area is 189 Å². The van der Waals surface area contributed by atoms with E-state index in [9.17, 15) is 13.2 Å². The lowest BCUT2D eigenvalue weighted by molar-refractivity contribution is 0.101. The predicted molar refractivity (Wildman–Crippen MR) is 127 cm³/mol. The van der Waals surface area contributed by atoms with Crippen molar-refractivity contribution in [2.45, 2.75) is 4.90 Å². The Kier molecular flexibility index (Phi) is 5.60. The number of para-hydroxylation sites is 2. The summed E-state index contributed by atoms with van der Waals surface area (Å²) in [6, 6.07) is 22.8. The largest absolute Gasteiger partial charge is 0.339 e. The number of hydrogen-bond acceptors (Lipinski definition) is 3. The van der Waals surface area contributed by atoms with E-state index in [0.29, 0.717) is 21.5 Å². The van der Waals surface area contributed by atoms with Crippen molar-refractivity contribution in [1.82, 2.24) is 4.57 Å². The van der Waals surface area contributed by atoms with E-state index in [1.165, 1.54) is 23.5 Å². The van der Waals surface area contributed by atoms with Gasteiger partial charge >= 0.3 is 0 Å². The van der Waals surface area contributed by atoms with Crippen LogP contribution in [-0.4, -0.2) is 25.9 Å². The Hall–Kier alpha value is -3.10. The fourth-order valence-corrected chi connectivity index (χ4v) is 5.48. The number of nitrogens with one attached hydrogen (secondary N) is 1. The zero-order valence-electron chi connectivity index (χ0n) is 16.9. The average Bonchev–Trinajstić information content (AvgIpc) is 3.04. The van der Waals surface area contributed by atoms with Crippen molar-refractivity contribution < 1.29 is 13.2 Å². The highest BCUT2D eigenvalue weighted by Crippen LogP contribution is 2.31. The first-order valence-corrected chi connectivity index (χ1v) is 11.7. The second-order valence-corrected chi connectivity index (χ2v) is 9.79. The molecule has 0 spiro atoms. The standard InChI is InChI=1S/C23H20BrN3O3S/c1-26-20-14-7-6-13-19(20)21(24)22(26)23(28)25-16-9-8-12-18(15-16)31(29,30)27(2)17-10-4-3-5-11-17/h3-15H,1-2H3,(H,25,28). The molecule has 0 aliphatic heterocycles. The summed E-state index contributed by atoms with van der Waals surface area (Å²) in [5.41, 5.74) is 2.32. The van der Waals surface area contributed by atoms with Gasteiger partial charge < -0.3 is 9.88 Å². The van der Waals surface area contributed by atoms with Crippen LogP contribution in [0.25, 0.3) is 10.9 Å². The Bertz CT molecular complexity index is 1340. The minimum Gasteiger partial charge on any atom is -0.339 e. The van der Waals surface area contributed by atoms with Gasteiger partial charge in [-0.15, -0.1) is 0 Å². The fourth-order valence-electron chi connectivity index (χ4n) is 3.46. The van der Waals surface area contributed by atoms with Crippen LogP contribution < -0.4 is 9.62 Å². The van der Waals surface area contributed by atoms with E-state index >= 15 is 0 Å². The van der Waals surface area contributed by atoms with Gasteiger partial charge in [-0.3, -0.25) is 9.10 Å². The van der Waals surface area contributed by atoms with Gasteiger partial charge in [0.05, 0.1) is 15.1 Å². The highest BCUT2D eigenvalue weighted by molar-refractivity contribution is 9.10. The number of rotatable bonds is 5. The number of hydrogen-bond donors (Lipinski definition) is 1. The van der Waals surface area contributed by atoms with Crippen molar-refractivity contribution >= 4 is 54.1 Å². The summed E-state index contributed by atoms with van der Waals surface area (Å²) in [6.07, 6.45) is 0. The molecule has 1 N–H and O–H groups in total. The Morgan fingerprint density at radius 2 is 1.65 bits per heavy atom. The summed E-state index contributed by atoms with van der Waals surface area (Å²) in [5, 5.41) is 3.75. The van der Waals surface area contributed by atoms with Crippen LogP contribution in [0.4, 0.5) is 11.4 Å². The van der Waals surface area contributed by atoms with Crippen molar-refractivity contribution in [2.75, 3.05) is 16.7 Å². The lowest BCUT2D eigenvalue weighted by atomic mass is 10.2. The molecule has 0 saturated heterocycles. The zero-order chi connectivity index (χ0) is 22.2. The molecule has 0 radical (unpaired) electrons. The monoisotopic (exact) mass is 497 g/mol. The third-order valence-electron chi connectivity index (χ3n) is 5.13. The number of aromatic nitrogens is 1. The summed E-state index contributed by atoms with van der Waals surface area (Å²) in [4.78, 5) is 13.1. The molecule has 3 aromatic carbocycles. The Morgan fingerprint density at radius 1 is 0.968 bits per heavy atom. The van der Waals surface area contributed by atoms with Gasteiger partial charge in [0.1, 0.15) is 5.69 Å². The predicted octanol–water partition coefficient (Wildman–Crippen LogP) is 5.02. The van der Waals surface area contributed by atoms with Crippen molar-refractivity contribution in [3.05, 3.63) is 89.0 Å². The van der Waals surface area contributed by atoms with Gasteiger partial charge in [-0.1, -0.05) is 42.5 Å². The molecule has 0 unspecified atom stereocenters. The maximum Gasteiger partial charge on any atom is 0.273 e. The van der Waals surface area contributed by atoms with Gasteiger partial charge in [-0.25, -0.2) is 8.42 Å². The van der Waals surface area contributed by atoms with Gasteiger partial charge in [-0.05, 0) is 52.3 Å². The molecule has 4 rings (SSSR count). The first kappa shape index (κ1) is 21.1. The van der Waals surface area contributed by atoms with E-state index in [1.807, 2.05) is 37.4 Å². The Morgan fingerprint density at radius 3 is 2.35 bits per heavy atom. The normalized spacial score (nSPS) is 11.5. The van der Waals surface area contributed by atoms with E-state index in [0.717, 1.165) is 10.9 Å². The number of carbonyl (C=O) groups excluding carboxylic acids is 1. The van der Waals surface area contributed by atoms with E-state index in [1.54, 1.807) is 41.0 Å². The fraction of sp³-hybridized carbons (Fsp3) is 0.0870. The molecule has 0 aliphatic carbocycles. The third-order valence-corrected chi connectivity index (χ3v) is 7.71. The summed E-state index contributed by atoms with van der Waals surface area (Å²) in [7, 11) is -0.465. The van der Waals surface area contributed by atoms with Gasteiger partial charge in [0, 0.05) is 30.7 Å². The number of nitrogens with zero attached hydrogens (tertiary/aromatic N) is 2. The topological polar surface area (TPSA) is 71.4 Å². The summed E-state index contributed by atoms with van der Waals surface area (Å²) in [6.45, 7) is 0. The number of halogens is 1. The lowest BCUT2D eigenvalue weighted by Gasteiger charge is -2.20. The van der Waals surface area contributed by atoms with E-state index < -0.39 is 10.0 Å². The van der Waals surface area contributed by atoms with Crippen molar-refractivity contribution in [2.24, 2.45) is 7.05 Å². The molecule has 1 heterocycles. The number of amides is 1. The van der Waals surface area contributed by atoms with Crippen LogP contribution in [0.1, 0.15) is 10.5 Å². The molecule has 8 heteroatoms. The zero-order valence-corrected chi connectivity index (χ0v) is 19.3. The number of carbonyl (C=O) groups is 1. The first-order chi connectivity index (χ1) is 14.8. The van der Waals surface area contributed by atoms with E-state index in [2.05, 4.69) is 21.2 Å². The number of sulfonamides is 1. The smallest absolute Gasteiger partial charge is 0.273 e. The molecule has 0 fully saturated rings. The van der Waals surface area contributed by atoms with Crippen LogP contribution in [0, 0.1) is 0 Å². The second-order valence-electron chi connectivity index (χ2n) is 7.03. The van der Waals surface area contributed by atoms with Crippen LogP contribution in [-0.2, 0) is 17.1 Å². The maximum atomic E-state index is 13.1. The van der Waals surface area contributed by atoms with Crippen LogP contribution in [0.2, 0.25) is 0 Å². The van der Waals surface area contributed by atoms with Crippen LogP contribution in [0.15, 0.2) is 88.2 Å². The average molecular weight is 498 g/mol. The maximum absolute atomic E-state index is 13.1. The minimum atomic E-state index is -3.78. The number of anilines is 2. The molecule has 0 saturated carbocycles. The van der Waals surface area contributed by atoms with Crippen LogP contribution in [0.5, 0.6) is 0 Å². The van der Waals surface area contributed by atoms with Gasteiger partial charge in [-0.2, -0.15) is 0 Å². The summed E-state index contributed by atoms with van der Waals surface area (Å²) >= 11 is 3.52. The van der Waals surface area contributed by atoms with Gasteiger partial charge in [0.25, 0.3) is 15.9 Å². The highest BCUT2D eigenvalue weighted by Gasteiger charge is 2.23. The summed E-state index contributed by atoms with van der Waals surface area (Å²) in [5.74, 6) is -0.337. The molecular formula is C23H20BrN3O3S. The van der Waals surface area contributed by atoms with E-state index in [-0.39, 0.29) is 10.8 Å². The lowest BCUT2D eigenvalue weighted by Crippen LogP contribution is -2.26. The number of benzene rings is 3. The molecule has 4 aromatic rings. The molecule has 31 heavy (non-hydrogen) atoms. The number of fused-ring (bicyclic) bond motifs is 1. The number of aryl methyl sites for hydroxylation is 1. The molecular weight excluding hydrogens is 478 g/mol. The van der Waals surface area contributed by atoms with Crippen LogP contribution in [0.3, 0.4) is 0 Å². The van der Waals surface area contributed by atoms with Gasteiger partial charge in [0.2, 0.25) is 0 Å². The first-order valence-electron chi connectivity index (χ1n) is 9.49. The quantitative estimate of drug-likeness (QED) is 0.420. The van der Waals surface area contributed by atoms with Crippen LogP contribution >= 0.6 is 15.9 Å². The van der Waals surface area contributed by atoms with Crippen molar-refractivity contribution in [1.29, 1.82) is 0 Å². The molecule has 0 aliphatic rings. The molecule has 6 nitrogen and oxygen atoms in total. The molecule has 0 atom stereocenters. The highest BCUT2D eigenvalue weighted by atomic mass is 79.9. The third kappa shape index (κ3) is 3.84. The molecule has 0 bridgehead atoms. The summed E-state index contributed by atoms with van der Waals surface area (Å²) < 4.78 is 29.8. The van der Waals surface area contributed by atoms with Crippen molar-refractivity contribution in [3.63, 3.8) is 0 Å².